The molecule has 22 heteroatoms. The summed E-state index contributed by atoms with van der Waals surface area (Å²) in [5.41, 5.74) is 2.98. The van der Waals surface area contributed by atoms with Gasteiger partial charge in [0.1, 0.15) is 40.1 Å². The molecule has 0 aliphatic carbocycles. The standard InChI is InChI=1S/C13H11N3O4.C11H7N3O4.C9H7N3O.C7H4Br2N2/c1-3-20-13(18)12(17)7-5-16-11-8(4-14)15-6-9(19-2)10(7)11;1-18-7-4-13-6(2-12)9-8(7)5(3-14-9)10(15)11(16)17;1-13-8-5-12-7(4-10)9-6(8)2-3-11-9;8-5-3-11-7(9)6-4(5)1-2-10-6/h5-6,16H,3H2,1-2H3;3-4,14H,1H3,(H,16,17);2-3,5,11H,1H3;1-3,10H. The molecule has 0 atom stereocenters. The van der Waals surface area contributed by atoms with Gasteiger partial charge in [0, 0.05) is 46.2 Å². The molecule has 0 unspecified atom stereocenters. The van der Waals surface area contributed by atoms with Gasteiger partial charge in [0.2, 0.25) is 0 Å². The van der Waals surface area contributed by atoms with E-state index in [2.05, 4.69) is 76.5 Å². The third kappa shape index (κ3) is 9.19. The molecule has 0 aliphatic rings. The number of nitrogens with one attached hydrogen (secondary N) is 4. The molecule has 0 radical (unpaired) electrons. The highest BCUT2D eigenvalue weighted by atomic mass is 79.9. The van der Waals surface area contributed by atoms with Crippen LogP contribution >= 0.6 is 31.9 Å². The number of aromatic amines is 4. The molecule has 312 valence electrons. The largest absolute Gasteiger partial charge is 0.494 e. The van der Waals surface area contributed by atoms with Crippen molar-refractivity contribution in [1.82, 2.24) is 39.9 Å². The number of rotatable bonds is 8. The highest BCUT2D eigenvalue weighted by molar-refractivity contribution is 9.11. The van der Waals surface area contributed by atoms with Gasteiger partial charge < -0.3 is 44.0 Å². The van der Waals surface area contributed by atoms with E-state index in [1.54, 1.807) is 32.6 Å². The van der Waals surface area contributed by atoms with Crippen LogP contribution in [0.25, 0.3) is 43.6 Å². The van der Waals surface area contributed by atoms with Gasteiger partial charge in [-0.1, -0.05) is 0 Å². The number of carbonyl (C=O) groups is 4. The molecule has 0 saturated heterocycles. The number of ether oxygens (including phenoxy) is 4. The van der Waals surface area contributed by atoms with Crippen molar-refractivity contribution >= 4 is 99.0 Å². The van der Waals surface area contributed by atoms with Crippen LogP contribution in [0.1, 0.15) is 44.7 Å². The lowest BCUT2D eigenvalue weighted by molar-refractivity contribution is -0.137. The number of pyridine rings is 4. The minimum absolute atomic E-state index is 0.0618. The van der Waals surface area contributed by atoms with Gasteiger partial charge >= 0.3 is 11.9 Å². The van der Waals surface area contributed by atoms with Crippen LogP contribution in [0.5, 0.6) is 17.2 Å². The molecule has 0 aromatic carbocycles. The van der Waals surface area contributed by atoms with Crippen LogP contribution < -0.4 is 14.2 Å². The third-order valence-corrected chi connectivity index (χ3v) is 9.77. The molecule has 0 spiro atoms. The number of carbonyl (C=O) groups excluding carboxylic acids is 3. The maximum absolute atomic E-state index is 12.0. The monoisotopic (exact) mass is 965 g/mol. The van der Waals surface area contributed by atoms with E-state index in [9.17, 15) is 19.2 Å². The lowest BCUT2D eigenvalue weighted by Gasteiger charge is -2.04. The van der Waals surface area contributed by atoms with Gasteiger partial charge in [-0.3, -0.25) is 9.59 Å². The van der Waals surface area contributed by atoms with E-state index in [0.717, 1.165) is 30.9 Å². The van der Waals surface area contributed by atoms with Gasteiger partial charge in [0.25, 0.3) is 11.6 Å². The number of hydrogen-bond donors (Lipinski definition) is 5. The van der Waals surface area contributed by atoms with Crippen LogP contribution in [0.15, 0.2) is 70.8 Å². The number of aliphatic carboxylic acids is 1. The van der Waals surface area contributed by atoms with Gasteiger partial charge in [-0.05, 0) is 50.9 Å². The minimum Gasteiger partial charge on any atom is -0.494 e. The van der Waals surface area contributed by atoms with E-state index in [0.29, 0.717) is 28.1 Å². The first-order valence-electron chi connectivity index (χ1n) is 17.4. The zero-order valence-electron chi connectivity index (χ0n) is 32.6. The minimum atomic E-state index is -1.58. The number of carboxylic acid groups (broad SMARTS) is 1. The molecule has 62 heavy (non-hydrogen) atoms. The summed E-state index contributed by atoms with van der Waals surface area (Å²) in [6.07, 6.45) is 12.2. The molecule has 8 rings (SSSR count). The fourth-order valence-corrected chi connectivity index (χ4v) is 6.62. The SMILES string of the molecule is Brc1cnc(Br)c2[nH]ccc12.CCOC(=O)C(=O)c1c[nH]c2c(C#N)ncc(OC)c12.COc1cnc(C#N)c2[nH]cc(C(=O)C(=O)O)c12.COc1cnc(C#N)c2[nH]ccc12. The Morgan fingerprint density at radius 1 is 0.645 bits per heavy atom. The van der Waals surface area contributed by atoms with Gasteiger partial charge in [-0.25, -0.2) is 29.5 Å². The van der Waals surface area contributed by atoms with Crippen molar-refractivity contribution in [2.45, 2.75) is 6.92 Å². The van der Waals surface area contributed by atoms with Crippen LogP contribution in [0, 0.1) is 34.0 Å². The topological polar surface area (TPSA) is 312 Å². The van der Waals surface area contributed by atoms with Crippen LogP contribution in [-0.2, 0) is 14.3 Å². The second-order valence-electron chi connectivity index (χ2n) is 11.9. The molecule has 0 fully saturated rings. The lowest BCUT2D eigenvalue weighted by Crippen LogP contribution is -2.17. The first-order chi connectivity index (χ1) is 29.9. The molecule has 8 aromatic heterocycles. The van der Waals surface area contributed by atoms with Crippen LogP contribution in [0.3, 0.4) is 0 Å². The Bertz CT molecular complexity index is 3100. The average molecular weight is 968 g/mol. The number of fused-ring (bicyclic) bond motifs is 4. The Labute approximate surface area is 365 Å². The number of hydrogen-bond acceptors (Lipinski definition) is 15. The number of Topliss-reactive ketones (excluding diaryl/α,β-unsaturated/α-hetero) is 2. The Morgan fingerprint density at radius 3 is 1.58 bits per heavy atom. The molecule has 20 nitrogen and oxygen atoms in total. The Kier molecular flexibility index (Phi) is 14.7. The molecular formula is C40H29Br2N11O9. The highest BCUT2D eigenvalue weighted by Crippen LogP contribution is 2.32. The first-order valence-corrected chi connectivity index (χ1v) is 19.0. The van der Waals surface area contributed by atoms with Crippen molar-refractivity contribution in [3.63, 3.8) is 0 Å². The highest BCUT2D eigenvalue weighted by Gasteiger charge is 2.25. The maximum Gasteiger partial charge on any atom is 0.379 e. The first kappa shape index (κ1) is 45.0. The van der Waals surface area contributed by atoms with Gasteiger partial charge in [-0.2, -0.15) is 15.8 Å². The van der Waals surface area contributed by atoms with E-state index in [1.807, 2.05) is 36.5 Å². The number of H-pyrrole nitrogens is 4. The zero-order valence-corrected chi connectivity index (χ0v) is 35.8. The van der Waals surface area contributed by atoms with Gasteiger partial charge in [0.15, 0.2) is 17.1 Å². The number of nitriles is 3. The second-order valence-corrected chi connectivity index (χ2v) is 13.5. The molecule has 0 amide bonds. The van der Waals surface area contributed by atoms with E-state index in [1.165, 1.54) is 39.0 Å². The molecule has 0 aliphatic heterocycles. The zero-order chi connectivity index (χ0) is 45.1. The quantitative estimate of drug-likeness (QED) is 0.0474. The van der Waals surface area contributed by atoms with E-state index >= 15 is 0 Å². The van der Waals surface area contributed by atoms with Crippen molar-refractivity contribution in [3.05, 3.63) is 99.0 Å². The smallest absolute Gasteiger partial charge is 0.379 e. The molecule has 8 heterocycles. The van der Waals surface area contributed by atoms with Crippen molar-refractivity contribution in [2.24, 2.45) is 0 Å². The predicted octanol–water partition coefficient (Wildman–Crippen LogP) is 6.43. The van der Waals surface area contributed by atoms with Crippen molar-refractivity contribution in [1.29, 1.82) is 15.8 Å². The summed E-state index contributed by atoms with van der Waals surface area (Å²) < 4.78 is 21.8. The summed E-state index contributed by atoms with van der Waals surface area (Å²) in [7, 11) is 4.36. The van der Waals surface area contributed by atoms with Gasteiger partial charge in [0.05, 0.1) is 90.5 Å². The number of halogens is 2. The summed E-state index contributed by atoms with van der Waals surface area (Å²) in [5, 5.41) is 38.0. The third-order valence-electron chi connectivity index (χ3n) is 8.53. The number of esters is 1. The van der Waals surface area contributed by atoms with Crippen molar-refractivity contribution in [3.8, 4) is 35.5 Å². The predicted molar refractivity (Wildman–Crippen MR) is 227 cm³/mol. The normalized spacial score (nSPS) is 10.1. The van der Waals surface area contributed by atoms with Crippen molar-refractivity contribution < 1.29 is 43.2 Å². The summed E-state index contributed by atoms with van der Waals surface area (Å²) in [5.74, 6) is -3.20. The fraction of sp³-hybridized carbons (Fsp3) is 0.125. The molecule has 5 N–H and O–H groups in total. The Balaban J connectivity index is 0.000000160. The van der Waals surface area contributed by atoms with Crippen LogP contribution in [0.2, 0.25) is 0 Å². The Morgan fingerprint density at radius 2 is 1.11 bits per heavy atom. The average Bonchev–Trinajstić information content (AvgIpc) is 4.14. The van der Waals surface area contributed by atoms with Crippen molar-refractivity contribution in [2.75, 3.05) is 27.9 Å². The summed E-state index contributed by atoms with van der Waals surface area (Å²) >= 11 is 6.75. The number of ketones is 2. The summed E-state index contributed by atoms with van der Waals surface area (Å²) in [4.78, 5) is 73.1. The number of carboxylic acids is 1. The Hall–Kier alpha value is -8.13. The number of methoxy groups -OCH3 is 3. The molecule has 0 saturated carbocycles. The van der Waals surface area contributed by atoms with Crippen LogP contribution in [0.4, 0.5) is 0 Å². The van der Waals surface area contributed by atoms with Crippen LogP contribution in [-0.4, -0.2) is 96.4 Å². The number of aromatic nitrogens is 8. The van der Waals surface area contributed by atoms with E-state index in [4.69, 9.17) is 35.1 Å². The summed E-state index contributed by atoms with van der Waals surface area (Å²) in [6, 6.07) is 9.62. The van der Waals surface area contributed by atoms with E-state index in [-0.39, 0.29) is 45.8 Å². The van der Waals surface area contributed by atoms with Gasteiger partial charge in [-0.15, -0.1) is 0 Å². The number of nitrogens with zero attached hydrogens (tertiary/aromatic N) is 7. The fourth-order valence-electron chi connectivity index (χ4n) is 5.76. The molecular weight excluding hydrogens is 938 g/mol. The van der Waals surface area contributed by atoms with E-state index < -0.39 is 23.5 Å². The molecule has 8 aromatic rings. The lowest BCUT2D eigenvalue weighted by atomic mass is 10.1. The second kappa shape index (κ2) is 20.2. The maximum atomic E-state index is 12.0. The summed E-state index contributed by atoms with van der Waals surface area (Å²) in [6.45, 7) is 1.72. The molecule has 0 bridgehead atoms.